The minimum atomic E-state index is -0.342. The van der Waals surface area contributed by atoms with Gasteiger partial charge in [0.15, 0.2) is 0 Å². The minimum absolute atomic E-state index is 0.140. The molecule has 3 nitrogen and oxygen atoms in total. The molecule has 1 heterocycles. The van der Waals surface area contributed by atoms with E-state index >= 15 is 0 Å². The van der Waals surface area contributed by atoms with E-state index in [0.717, 1.165) is 8.95 Å². The van der Waals surface area contributed by atoms with Crippen molar-refractivity contribution in [2.75, 3.05) is 0 Å². The Kier molecular flexibility index (Phi) is 4.19. The lowest BCUT2D eigenvalue weighted by Gasteiger charge is -2.05. The van der Waals surface area contributed by atoms with Crippen LogP contribution in [0.15, 0.2) is 39.4 Å². The van der Waals surface area contributed by atoms with Crippen molar-refractivity contribution in [2.24, 2.45) is 0 Å². The number of nitrogens with one attached hydrogen (secondary N) is 2. The van der Waals surface area contributed by atoms with E-state index in [1.165, 1.54) is 6.07 Å². The number of amides is 1. The van der Waals surface area contributed by atoms with E-state index in [-0.39, 0.29) is 18.3 Å². The maximum absolute atomic E-state index is 13.4. The third-order valence-electron chi connectivity index (χ3n) is 2.34. The molecule has 1 aromatic heterocycles. The molecule has 1 aromatic carbocycles. The van der Waals surface area contributed by atoms with Gasteiger partial charge in [-0.25, -0.2) is 4.39 Å². The molecule has 0 aliphatic carbocycles. The highest BCUT2D eigenvalue weighted by Crippen LogP contribution is 2.15. The van der Waals surface area contributed by atoms with Gasteiger partial charge in [0.25, 0.3) is 5.91 Å². The summed E-state index contributed by atoms with van der Waals surface area (Å²) in [7, 11) is 0. The van der Waals surface area contributed by atoms with E-state index in [1.54, 1.807) is 24.4 Å². The van der Waals surface area contributed by atoms with E-state index in [2.05, 4.69) is 42.2 Å². The first-order valence-corrected chi connectivity index (χ1v) is 6.71. The topological polar surface area (TPSA) is 44.9 Å². The number of aromatic amines is 1. The minimum Gasteiger partial charge on any atom is -0.356 e. The van der Waals surface area contributed by atoms with Crippen molar-refractivity contribution in [3.8, 4) is 0 Å². The summed E-state index contributed by atoms with van der Waals surface area (Å²) in [6.45, 7) is 0.140. The van der Waals surface area contributed by atoms with Crippen LogP contribution in [0.2, 0.25) is 0 Å². The number of carbonyl (C=O) groups excluding carboxylic acids is 1. The van der Waals surface area contributed by atoms with Crippen LogP contribution in [-0.4, -0.2) is 10.9 Å². The van der Waals surface area contributed by atoms with Crippen LogP contribution in [0.3, 0.4) is 0 Å². The van der Waals surface area contributed by atoms with E-state index in [1.807, 2.05) is 0 Å². The van der Waals surface area contributed by atoms with Crippen LogP contribution in [0.4, 0.5) is 4.39 Å². The molecule has 0 aliphatic heterocycles. The zero-order chi connectivity index (χ0) is 13.1. The van der Waals surface area contributed by atoms with Crippen LogP contribution in [0.5, 0.6) is 0 Å². The van der Waals surface area contributed by atoms with Crippen molar-refractivity contribution in [2.45, 2.75) is 6.54 Å². The predicted molar refractivity (Wildman–Crippen MR) is 73.8 cm³/mol. The molecule has 94 valence electrons. The summed E-state index contributed by atoms with van der Waals surface area (Å²) in [5, 5.41) is 2.64. The van der Waals surface area contributed by atoms with Gasteiger partial charge in [0, 0.05) is 27.3 Å². The van der Waals surface area contributed by atoms with Gasteiger partial charge in [-0.1, -0.05) is 15.9 Å². The third-order valence-corrected chi connectivity index (χ3v) is 3.29. The molecule has 0 spiro atoms. The van der Waals surface area contributed by atoms with Gasteiger partial charge < -0.3 is 10.3 Å². The van der Waals surface area contributed by atoms with Crippen LogP contribution in [0.1, 0.15) is 16.1 Å². The van der Waals surface area contributed by atoms with Crippen LogP contribution < -0.4 is 5.32 Å². The zero-order valence-corrected chi connectivity index (χ0v) is 12.3. The molecule has 1 amide bonds. The number of H-pyrrole nitrogens is 1. The molecule has 0 atom stereocenters. The van der Waals surface area contributed by atoms with Gasteiger partial charge >= 0.3 is 0 Å². The highest BCUT2D eigenvalue weighted by Gasteiger charge is 2.09. The lowest BCUT2D eigenvalue weighted by atomic mass is 10.2. The van der Waals surface area contributed by atoms with E-state index in [0.29, 0.717) is 11.3 Å². The maximum atomic E-state index is 13.4. The number of halogens is 3. The Hall–Kier alpha value is -1.14. The van der Waals surface area contributed by atoms with Gasteiger partial charge in [0.1, 0.15) is 11.5 Å². The summed E-state index contributed by atoms with van der Waals surface area (Å²) < 4.78 is 15.0. The van der Waals surface area contributed by atoms with E-state index in [4.69, 9.17) is 0 Å². The molecular weight excluding hydrogens is 367 g/mol. The van der Waals surface area contributed by atoms with Crippen LogP contribution in [0.25, 0.3) is 0 Å². The first kappa shape index (κ1) is 13.3. The molecule has 6 heteroatoms. The molecule has 0 saturated heterocycles. The van der Waals surface area contributed by atoms with Gasteiger partial charge in [-0.15, -0.1) is 0 Å². The van der Waals surface area contributed by atoms with E-state index in [9.17, 15) is 9.18 Å². The first-order chi connectivity index (χ1) is 8.56. The smallest absolute Gasteiger partial charge is 0.268 e. The molecule has 0 fully saturated rings. The third kappa shape index (κ3) is 3.20. The molecule has 0 bridgehead atoms. The summed E-state index contributed by atoms with van der Waals surface area (Å²) in [6, 6.07) is 6.27. The fourth-order valence-corrected chi connectivity index (χ4v) is 2.20. The van der Waals surface area contributed by atoms with Crippen molar-refractivity contribution < 1.29 is 9.18 Å². The van der Waals surface area contributed by atoms with E-state index < -0.39 is 0 Å². The van der Waals surface area contributed by atoms with Crippen molar-refractivity contribution in [1.29, 1.82) is 0 Å². The van der Waals surface area contributed by atoms with Gasteiger partial charge in [-0.2, -0.15) is 0 Å². The second kappa shape index (κ2) is 5.67. The molecule has 0 radical (unpaired) electrons. The van der Waals surface area contributed by atoms with Gasteiger partial charge in [0.2, 0.25) is 0 Å². The van der Waals surface area contributed by atoms with Crippen molar-refractivity contribution in [3.05, 3.63) is 56.5 Å². The normalized spacial score (nSPS) is 10.4. The highest BCUT2D eigenvalue weighted by atomic mass is 79.9. The second-order valence-corrected chi connectivity index (χ2v) is 5.48. The van der Waals surface area contributed by atoms with Gasteiger partial charge in [-0.3, -0.25) is 4.79 Å². The molecule has 0 unspecified atom stereocenters. The summed E-state index contributed by atoms with van der Waals surface area (Å²) >= 11 is 6.50. The zero-order valence-electron chi connectivity index (χ0n) is 9.14. The Morgan fingerprint density at radius 3 is 2.72 bits per heavy atom. The average Bonchev–Trinajstić information content (AvgIpc) is 2.77. The first-order valence-electron chi connectivity index (χ1n) is 5.12. The Morgan fingerprint density at radius 1 is 1.28 bits per heavy atom. The fourth-order valence-electron chi connectivity index (χ4n) is 1.45. The van der Waals surface area contributed by atoms with Gasteiger partial charge in [-0.05, 0) is 40.2 Å². The Morgan fingerprint density at radius 2 is 2.06 bits per heavy atom. The fraction of sp³-hybridized carbons (Fsp3) is 0.0833. The summed E-state index contributed by atoms with van der Waals surface area (Å²) in [5.41, 5.74) is 0.862. The quantitative estimate of drug-likeness (QED) is 0.845. The lowest BCUT2D eigenvalue weighted by Crippen LogP contribution is -2.23. The second-order valence-electron chi connectivity index (χ2n) is 3.65. The van der Waals surface area contributed by atoms with Crippen LogP contribution in [0, 0.1) is 5.82 Å². The molecular formula is C12H9Br2FN2O. The van der Waals surface area contributed by atoms with Crippen molar-refractivity contribution in [1.82, 2.24) is 10.3 Å². The van der Waals surface area contributed by atoms with Gasteiger partial charge in [0.05, 0.1) is 0 Å². The SMILES string of the molecule is O=C(NCc1cc(Br)ccc1F)c1cc(Br)c[nH]1. The number of hydrogen-bond donors (Lipinski definition) is 2. The van der Waals surface area contributed by atoms with Crippen molar-refractivity contribution >= 4 is 37.8 Å². The monoisotopic (exact) mass is 374 g/mol. The molecule has 0 saturated carbocycles. The molecule has 2 N–H and O–H groups in total. The number of hydrogen-bond acceptors (Lipinski definition) is 1. The largest absolute Gasteiger partial charge is 0.356 e. The number of carbonyl (C=O) groups is 1. The van der Waals surface area contributed by atoms with Crippen LogP contribution in [-0.2, 0) is 6.54 Å². The lowest BCUT2D eigenvalue weighted by molar-refractivity contribution is 0.0946. The standard InChI is InChI=1S/C12H9Br2FN2O/c13-8-1-2-10(15)7(3-8)5-17-12(18)11-4-9(14)6-16-11/h1-4,6,16H,5H2,(H,17,18). The van der Waals surface area contributed by atoms with Crippen molar-refractivity contribution in [3.63, 3.8) is 0 Å². The maximum Gasteiger partial charge on any atom is 0.268 e. The summed E-state index contributed by atoms with van der Waals surface area (Å²) in [5.74, 6) is -0.619. The Labute approximate surface area is 120 Å². The molecule has 2 rings (SSSR count). The molecule has 0 aliphatic rings. The number of rotatable bonds is 3. The Bertz CT molecular complexity index is 583. The predicted octanol–water partition coefficient (Wildman–Crippen LogP) is 3.61. The van der Waals surface area contributed by atoms with Crippen LogP contribution >= 0.6 is 31.9 Å². The summed E-state index contributed by atoms with van der Waals surface area (Å²) in [6.07, 6.45) is 1.66. The summed E-state index contributed by atoms with van der Waals surface area (Å²) in [4.78, 5) is 14.5. The average molecular weight is 376 g/mol. The Balaban J connectivity index is 2.03. The molecule has 2 aromatic rings. The number of benzene rings is 1. The number of aromatic nitrogens is 1. The molecule has 18 heavy (non-hydrogen) atoms. The highest BCUT2D eigenvalue weighted by molar-refractivity contribution is 9.10.